The molecule has 0 unspecified atom stereocenters. The minimum absolute atomic E-state index is 0.0549. The molecule has 1 N–H and O–H groups in total. The molecule has 9 heteroatoms. The van der Waals surface area contributed by atoms with E-state index in [1.807, 2.05) is 19.9 Å². The smallest absolute Gasteiger partial charge is 0.337 e. The van der Waals surface area contributed by atoms with Crippen LogP contribution in [0.3, 0.4) is 0 Å². The monoisotopic (exact) mass is 359 g/mol. The molecular weight excluding hydrogens is 346 g/mol. The second-order valence-corrected chi connectivity index (χ2v) is 5.73. The molecule has 0 aliphatic rings. The Morgan fingerprint density at radius 1 is 1.20 bits per heavy atom. The molecule has 1 aromatic carbocycles. The predicted molar refractivity (Wildman–Crippen MR) is 91.0 cm³/mol. The molecule has 0 spiro atoms. The lowest BCUT2D eigenvalue weighted by Crippen LogP contribution is -2.15. The molecule has 0 aliphatic heterocycles. The van der Waals surface area contributed by atoms with Crippen LogP contribution in [0, 0.1) is 13.8 Å². The van der Waals surface area contributed by atoms with Crippen LogP contribution in [0.1, 0.15) is 32.4 Å². The van der Waals surface area contributed by atoms with Crippen LogP contribution in [0.25, 0.3) is 5.78 Å². The lowest BCUT2D eigenvalue weighted by molar-refractivity contribution is 0.0600. The Balaban J connectivity index is 1.92. The van der Waals surface area contributed by atoms with Crippen molar-refractivity contribution in [2.24, 2.45) is 0 Å². The molecular formula is C16H14ClN5O3. The first kappa shape index (κ1) is 16.8. The van der Waals surface area contributed by atoms with Crippen LogP contribution in [-0.2, 0) is 4.74 Å². The second kappa shape index (κ2) is 6.48. The normalized spacial score (nSPS) is 10.7. The average molecular weight is 360 g/mol. The predicted octanol–water partition coefficient (Wildman–Crippen LogP) is 2.43. The first-order valence-corrected chi connectivity index (χ1v) is 7.67. The summed E-state index contributed by atoms with van der Waals surface area (Å²) in [7, 11) is 1.27. The van der Waals surface area contributed by atoms with E-state index in [1.165, 1.54) is 29.8 Å². The minimum Gasteiger partial charge on any atom is -0.465 e. The number of benzene rings is 1. The van der Waals surface area contributed by atoms with E-state index in [4.69, 9.17) is 11.6 Å². The number of anilines is 1. The van der Waals surface area contributed by atoms with Gasteiger partial charge in [0.2, 0.25) is 5.82 Å². The molecule has 2 aromatic heterocycles. The van der Waals surface area contributed by atoms with Gasteiger partial charge in [-0.25, -0.2) is 14.3 Å². The number of esters is 1. The molecule has 3 aromatic rings. The van der Waals surface area contributed by atoms with Gasteiger partial charge in [-0.05, 0) is 38.1 Å². The fourth-order valence-corrected chi connectivity index (χ4v) is 2.47. The quantitative estimate of drug-likeness (QED) is 0.721. The first-order valence-electron chi connectivity index (χ1n) is 7.29. The number of methoxy groups -OCH3 is 1. The molecule has 0 atom stereocenters. The van der Waals surface area contributed by atoms with Crippen molar-refractivity contribution in [3.63, 3.8) is 0 Å². The van der Waals surface area contributed by atoms with E-state index in [1.54, 1.807) is 0 Å². The summed E-state index contributed by atoms with van der Waals surface area (Å²) in [5.74, 6) is -0.822. The van der Waals surface area contributed by atoms with E-state index in [2.05, 4.69) is 25.1 Å². The van der Waals surface area contributed by atoms with Crippen molar-refractivity contribution in [2.75, 3.05) is 12.4 Å². The molecule has 0 fully saturated rings. The topological polar surface area (TPSA) is 98.5 Å². The van der Waals surface area contributed by atoms with Gasteiger partial charge in [0.1, 0.15) is 0 Å². The number of rotatable bonds is 3. The number of nitrogens with zero attached hydrogens (tertiary/aromatic N) is 4. The van der Waals surface area contributed by atoms with Gasteiger partial charge in [0, 0.05) is 11.4 Å². The van der Waals surface area contributed by atoms with Crippen LogP contribution >= 0.6 is 11.6 Å². The second-order valence-electron chi connectivity index (χ2n) is 5.33. The molecule has 0 aliphatic carbocycles. The molecule has 0 bridgehead atoms. The van der Waals surface area contributed by atoms with E-state index in [-0.39, 0.29) is 22.1 Å². The number of hydrogen-bond acceptors (Lipinski definition) is 6. The number of aryl methyl sites for hydroxylation is 2. The van der Waals surface area contributed by atoms with Crippen LogP contribution in [0.5, 0.6) is 0 Å². The summed E-state index contributed by atoms with van der Waals surface area (Å²) in [6, 6.07) is 6.26. The molecule has 0 radical (unpaired) electrons. The van der Waals surface area contributed by atoms with Gasteiger partial charge < -0.3 is 10.1 Å². The van der Waals surface area contributed by atoms with E-state index >= 15 is 0 Å². The summed E-state index contributed by atoms with van der Waals surface area (Å²) in [5, 5.41) is 7.02. The zero-order valence-corrected chi connectivity index (χ0v) is 14.5. The van der Waals surface area contributed by atoms with Crippen molar-refractivity contribution in [3.05, 3.63) is 52.1 Å². The van der Waals surface area contributed by atoms with Gasteiger partial charge in [0.25, 0.3) is 11.7 Å². The number of nitrogens with one attached hydrogen (secondary N) is 1. The highest BCUT2D eigenvalue weighted by molar-refractivity contribution is 6.34. The number of halogens is 1. The minimum atomic E-state index is -0.563. The van der Waals surface area contributed by atoms with Crippen molar-refractivity contribution >= 4 is 34.9 Å². The lowest BCUT2D eigenvalue weighted by Gasteiger charge is -2.07. The molecule has 0 saturated heterocycles. The van der Waals surface area contributed by atoms with Crippen LogP contribution < -0.4 is 5.32 Å². The average Bonchev–Trinajstić information content (AvgIpc) is 3.00. The summed E-state index contributed by atoms with van der Waals surface area (Å²) in [6.07, 6.45) is 0. The van der Waals surface area contributed by atoms with Crippen LogP contribution in [-0.4, -0.2) is 38.6 Å². The Morgan fingerprint density at radius 2 is 1.96 bits per heavy atom. The Morgan fingerprint density at radius 3 is 2.68 bits per heavy atom. The number of ether oxygens (including phenoxy) is 1. The Kier molecular flexibility index (Phi) is 4.37. The van der Waals surface area contributed by atoms with Crippen molar-refractivity contribution in [1.29, 1.82) is 0 Å². The fraction of sp³-hybridized carbons (Fsp3) is 0.188. The maximum atomic E-state index is 12.4. The largest absolute Gasteiger partial charge is 0.465 e. The summed E-state index contributed by atoms with van der Waals surface area (Å²) >= 11 is 6.08. The maximum Gasteiger partial charge on any atom is 0.337 e. The summed E-state index contributed by atoms with van der Waals surface area (Å²) in [4.78, 5) is 32.4. The van der Waals surface area contributed by atoms with Gasteiger partial charge in [0.15, 0.2) is 0 Å². The summed E-state index contributed by atoms with van der Waals surface area (Å²) < 4.78 is 6.13. The summed E-state index contributed by atoms with van der Waals surface area (Å²) in [6.45, 7) is 3.67. The standard InChI is InChI=1S/C16H14ClN5O3/c1-8-6-9(2)22-16(18-8)20-13(21-22)14(23)19-12-7-10(15(24)25-3)4-5-11(12)17/h4-7H,1-3H3,(H,19,23). The van der Waals surface area contributed by atoms with E-state index < -0.39 is 11.9 Å². The molecule has 25 heavy (non-hydrogen) atoms. The number of carbonyl (C=O) groups is 2. The Hall–Kier alpha value is -3.00. The van der Waals surface area contributed by atoms with Crippen molar-refractivity contribution in [2.45, 2.75) is 13.8 Å². The van der Waals surface area contributed by atoms with E-state index in [0.29, 0.717) is 5.78 Å². The summed E-state index contributed by atoms with van der Waals surface area (Å²) in [5.41, 5.74) is 2.10. The number of fused-ring (bicyclic) bond motifs is 1. The highest BCUT2D eigenvalue weighted by Gasteiger charge is 2.17. The molecule has 8 nitrogen and oxygen atoms in total. The maximum absolute atomic E-state index is 12.4. The number of amides is 1. The third kappa shape index (κ3) is 3.29. The highest BCUT2D eigenvalue weighted by atomic mass is 35.5. The lowest BCUT2D eigenvalue weighted by atomic mass is 10.2. The van der Waals surface area contributed by atoms with E-state index in [0.717, 1.165) is 11.4 Å². The van der Waals surface area contributed by atoms with Gasteiger partial charge in [-0.1, -0.05) is 11.6 Å². The SMILES string of the molecule is COC(=O)c1ccc(Cl)c(NC(=O)c2nc3nc(C)cc(C)n3n2)c1. The molecule has 128 valence electrons. The van der Waals surface area contributed by atoms with Crippen LogP contribution in [0.2, 0.25) is 5.02 Å². The van der Waals surface area contributed by atoms with E-state index in [9.17, 15) is 9.59 Å². The van der Waals surface area contributed by atoms with Gasteiger partial charge in [0.05, 0.1) is 23.4 Å². The van der Waals surface area contributed by atoms with Crippen molar-refractivity contribution < 1.29 is 14.3 Å². The zero-order chi connectivity index (χ0) is 18.1. The highest BCUT2D eigenvalue weighted by Crippen LogP contribution is 2.24. The Labute approximate surface area is 147 Å². The number of aromatic nitrogens is 4. The van der Waals surface area contributed by atoms with Crippen LogP contribution in [0.15, 0.2) is 24.3 Å². The van der Waals surface area contributed by atoms with Crippen molar-refractivity contribution in [1.82, 2.24) is 19.6 Å². The van der Waals surface area contributed by atoms with Gasteiger partial charge in [-0.2, -0.15) is 4.98 Å². The number of carbonyl (C=O) groups excluding carboxylic acids is 2. The van der Waals surface area contributed by atoms with Gasteiger partial charge in [-0.3, -0.25) is 4.79 Å². The third-order valence-corrected chi connectivity index (χ3v) is 3.79. The van der Waals surface area contributed by atoms with Gasteiger partial charge in [-0.15, -0.1) is 5.10 Å². The third-order valence-electron chi connectivity index (χ3n) is 3.46. The molecule has 1 amide bonds. The van der Waals surface area contributed by atoms with Crippen molar-refractivity contribution in [3.8, 4) is 0 Å². The molecule has 0 saturated carbocycles. The zero-order valence-electron chi connectivity index (χ0n) is 13.7. The first-order chi connectivity index (χ1) is 11.9. The Bertz CT molecular complexity index is 999. The molecule has 3 rings (SSSR count). The fourth-order valence-electron chi connectivity index (χ4n) is 2.31. The van der Waals surface area contributed by atoms with Gasteiger partial charge >= 0.3 is 5.97 Å². The number of hydrogen-bond donors (Lipinski definition) is 1. The molecule has 2 heterocycles. The van der Waals surface area contributed by atoms with Crippen LogP contribution in [0.4, 0.5) is 5.69 Å².